The number of aromatic nitrogens is 1. The van der Waals surface area contributed by atoms with Gasteiger partial charge in [-0.15, -0.1) is 0 Å². The van der Waals surface area contributed by atoms with E-state index in [4.69, 9.17) is 10.5 Å². The molecule has 0 spiro atoms. The number of aliphatic imine (C=N–C) groups is 1. The van der Waals surface area contributed by atoms with E-state index in [1.165, 1.54) is 12.8 Å². The van der Waals surface area contributed by atoms with Crippen LogP contribution in [0.4, 0.5) is 0 Å². The first kappa shape index (κ1) is 13.6. The predicted molar refractivity (Wildman–Crippen MR) is 76.1 cm³/mol. The van der Waals surface area contributed by atoms with Crippen LogP contribution in [0.5, 0.6) is 5.88 Å². The quantitative estimate of drug-likeness (QED) is 0.641. The highest BCUT2D eigenvalue weighted by Crippen LogP contribution is 2.18. The monoisotopic (exact) mass is 262 g/mol. The topological polar surface area (TPSA) is 72.5 Å². The third-order valence-corrected chi connectivity index (χ3v) is 2.57. The molecule has 0 aromatic carbocycles. The summed E-state index contributed by atoms with van der Waals surface area (Å²) in [7, 11) is 0. The van der Waals surface area contributed by atoms with Crippen LogP contribution < -0.4 is 15.8 Å². The van der Waals surface area contributed by atoms with E-state index < -0.39 is 0 Å². The molecule has 0 saturated heterocycles. The van der Waals surface area contributed by atoms with Crippen LogP contribution in [-0.4, -0.2) is 22.6 Å². The van der Waals surface area contributed by atoms with Crippen molar-refractivity contribution in [3.8, 4) is 5.88 Å². The van der Waals surface area contributed by atoms with Gasteiger partial charge >= 0.3 is 0 Å². The fourth-order valence-corrected chi connectivity index (χ4v) is 1.54. The molecule has 0 unspecified atom stereocenters. The van der Waals surface area contributed by atoms with E-state index in [0.717, 1.165) is 5.56 Å². The number of rotatable bonds is 4. The van der Waals surface area contributed by atoms with E-state index in [1.54, 1.807) is 6.20 Å². The molecule has 5 heteroatoms. The van der Waals surface area contributed by atoms with Gasteiger partial charge in [0.2, 0.25) is 5.88 Å². The minimum atomic E-state index is -0.231. The Bertz CT molecular complexity index is 444. The number of hydrogen-bond donors (Lipinski definition) is 2. The molecule has 0 bridgehead atoms. The van der Waals surface area contributed by atoms with Gasteiger partial charge in [-0.3, -0.25) is 0 Å². The molecule has 1 saturated carbocycles. The summed E-state index contributed by atoms with van der Waals surface area (Å²) in [6.45, 7) is 6.53. The molecule has 5 nitrogen and oxygen atoms in total. The van der Waals surface area contributed by atoms with Crippen molar-refractivity contribution in [2.75, 3.05) is 0 Å². The van der Waals surface area contributed by atoms with Crippen molar-refractivity contribution >= 4 is 5.96 Å². The van der Waals surface area contributed by atoms with Gasteiger partial charge in [0.25, 0.3) is 0 Å². The van der Waals surface area contributed by atoms with Gasteiger partial charge in [0.05, 0.1) is 6.54 Å². The Morgan fingerprint density at radius 1 is 1.47 bits per heavy atom. The summed E-state index contributed by atoms with van der Waals surface area (Å²) in [5.41, 5.74) is 6.55. The number of pyridine rings is 1. The Morgan fingerprint density at radius 3 is 2.74 bits per heavy atom. The van der Waals surface area contributed by atoms with E-state index >= 15 is 0 Å². The van der Waals surface area contributed by atoms with Gasteiger partial charge < -0.3 is 15.8 Å². The van der Waals surface area contributed by atoms with Crippen LogP contribution >= 0.6 is 0 Å². The van der Waals surface area contributed by atoms with Crippen LogP contribution in [0.25, 0.3) is 0 Å². The molecule has 1 fully saturated rings. The fourth-order valence-electron chi connectivity index (χ4n) is 1.54. The lowest BCUT2D eigenvalue weighted by Gasteiger charge is -2.20. The highest BCUT2D eigenvalue weighted by atomic mass is 16.5. The van der Waals surface area contributed by atoms with Crippen molar-refractivity contribution in [1.82, 2.24) is 10.3 Å². The van der Waals surface area contributed by atoms with Crippen molar-refractivity contribution in [3.05, 3.63) is 23.9 Å². The van der Waals surface area contributed by atoms with Crippen LogP contribution in [0.15, 0.2) is 23.3 Å². The minimum absolute atomic E-state index is 0.231. The molecule has 104 valence electrons. The number of nitrogens with zero attached hydrogens (tertiary/aromatic N) is 2. The van der Waals surface area contributed by atoms with E-state index in [9.17, 15) is 0 Å². The molecule has 19 heavy (non-hydrogen) atoms. The van der Waals surface area contributed by atoms with Crippen molar-refractivity contribution < 1.29 is 4.74 Å². The van der Waals surface area contributed by atoms with Gasteiger partial charge in [-0.05, 0) is 39.2 Å². The van der Waals surface area contributed by atoms with Crippen molar-refractivity contribution in [2.45, 2.75) is 51.8 Å². The average molecular weight is 262 g/mol. The maximum absolute atomic E-state index is 5.77. The van der Waals surface area contributed by atoms with Gasteiger partial charge in [-0.2, -0.15) is 0 Å². The maximum Gasteiger partial charge on any atom is 0.213 e. The fraction of sp³-hybridized carbons (Fsp3) is 0.571. The highest BCUT2D eigenvalue weighted by molar-refractivity contribution is 5.78. The summed E-state index contributed by atoms with van der Waals surface area (Å²) < 4.78 is 5.66. The first-order valence-electron chi connectivity index (χ1n) is 6.63. The molecule has 3 N–H and O–H groups in total. The second-order valence-electron chi connectivity index (χ2n) is 5.84. The molecule has 1 aliphatic carbocycles. The first-order valence-corrected chi connectivity index (χ1v) is 6.63. The van der Waals surface area contributed by atoms with Crippen molar-refractivity contribution in [1.29, 1.82) is 0 Å². The molecule has 0 aliphatic heterocycles. The molecule has 0 atom stereocenters. The third kappa shape index (κ3) is 5.16. The maximum atomic E-state index is 5.77. The summed E-state index contributed by atoms with van der Waals surface area (Å²) in [6.07, 6.45) is 4.15. The lowest BCUT2D eigenvalue weighted by molar-refractivity contribution is 0.124. The number of hydrogen-bond acceptors (Lipinski definition) is 3. The molecular formula is C14H22N4O. The first-order chi connectivity index (χ1) is 8.92. The van der Waals surface area contributed by atoms with E-state index in [1.807, 2.05) is 32.9 Å². The zero-order valence-corrected chi connectivity index (χ0v) is 11.8. The van der Waals surface area contributed by atoms with Crippen LogP contribution in [-0.2, 0) is 6.54 Å². The summed E-state index contributed by atoms with van der Waals surface area (Å²) in [4.78, 5) is 8.54. The minimum Gasteiger partial charge on any atom is -0.472 e. The zero-order valence-electron chi connectivity index (χ0n) is 11.8. The molecule has 0 radical (unpaired) electrons. The second-order valence-corrected chi connectivity index (χ2v) is 5.84. The lowest BCUT2D eigenvalue weighted by Crippen LogP contribution is -2.33. The third-order valence-electron chi connectivity index (χ3n) is 2.57. The van der Waals surface area contributed by atoms with Gasteiger partial charge in [-0.25, -0.2) is 9.98 Å². The van der Waals surface area contributed by atoms with Gasteiger partial charge in [0.1, 0.15) is 5.60 Å². The average Bonchev–Trinajstić information content (AvgIpc) is 3.10. The Balaban J connectivity index is 1.87. The molecule has 1 aromatic rings. The number of guanidine groups is 1. The van der Waals surface area contributed by atoms with Crippen LogP contribution in [0.1, 0.15) is 39.2 Å². The summed E-state index contributed by atoms with van der Waals surface area (Å²) in [5, 5.41) is 3.15. The SMILES string of the molecule is CC(C)(C)Oc1ccc(CN=C(N)NC2CC2)cn1. The Kier molecular flexibility index (Phi) is 3.93. The molecule has 0 amide bonds. The van der Waals surface area contributed by atoms with Gasteiger partial charge in [-0.1, -0.05) is 6.07 Å². The van der Waals surface area contributed by atoms with E-state index in [0.29, 0.717) is 24.4 Å². The van der Waals surface area contributed by atoms with E-state index in [-0.39, 0.29) is 5.60 Å². The lowest BCUT2D eigenvalue weighted by atomic mass is 10.2. The predicted octanol–water partition coefficient (Wildman–Crippen LogP) is 1.83. The second kappa shape index (κ2) is 5.47. The van der Waals surface area contributed by atoms with E-state index in [2.05, 4.69) is 15.3 Å². The largest absolute Gasteiger partial charge is 0.472 e. The molecule has 2 rings (SSSR count). The molecule has 1 heterocycles. The molecular weight excluding hydrogens is 240 g/mol. The smallest absolute Gasteiger partial charge is 0.213 e. The standard InChI is InChI=1S/C14H22N4O/c1-14(2,3)19-12-7-4-10(8-16-12)9-17-13(15)18-11-5-6-11/h4,7-8,11H,5-6,9H2,1-3H3,(H3,15,17,18). The molecule has 1 aliphatic rings. The van der Waals surface area contributed by atoms with Crippen LogP contribution in [0.3, 0.4) is 0 Å². The van der Waals surface area contributed by atoms with Crippen molar-refractivity contribution in [3.63, 3.8) is 0 Å². The van der Waals surface area contributed by atoms with Gasteiger partial charge in [0, 0.05) is 18.3 Å². The summed E-state index contributed by atoms with van der Waals surface area (Å²) in [6, 6.07) is 4.35. The van der Waals surface area contributed by atoms with Crippen molar-refractivity contribution in [2.24, 2.45) is 10.7 Å². The number of nitrogens with two attached hydrogens (primary N) is 1. The number of nitrogens with one attached hydrogen (secondary N) is 1. The summed E-state index contributed by atoms with van der Waals surface area (Å²) in [5.74, 6) is 1.14. The Hall–Kier alpha value is -1.78. The Labute approximate surface area is 114 Å². The number of ether oxygens (including phenoxy) is 1. The normalized spacial score (nSPS) is 16.3. The molecule has 1 aromatic heterocycles. The zero-order chi connectivity index (χ0) is 13.9. The summed E-state index contributed by atoms with van der Waals surface area (Å²) >= 11 is 0. The van der Waals surface area contributed by atoms with Crippen LogP contribution in [0.2, 0.25) is 0 Å². The Morgan fingerprint density at radius 2 is 2.21 bits per heavy atom. The van der Waals surface area contributed by atoms with Crippen LogP contribution in [0, 0.1) is 0 Å². The highest BCUT2D eigenvalue weighted by Gasteiger charge is 2.21. The van der Waals surface area contributed by atoms with Gasteiger partial charge in [0.15, 0.2) is 5.96 Å².